The van der Waals surface area contributed by atoms with Crippen molar-refractivity contribution in [3.05, 3.63) is 52.5 Å². The van der Waals surface area contributed by atoms with Gasteiger partial charge in [0, 0.05) is 17.3 Å². The first-order chi connectivity index (χ1) is 13.3. The van der Waals surface area contributed by atoms with Gasteiger partial charge in [-0.1, -0.05) is 11.6 Å². The standard InChI is InChI=1S/C18H18ClF3N2O4S/c1-10(2)24-29(26,27)16-8-11(4-7-15(16)28-3)17(25)23-12-5-6-14(19)13(9-12)18(20,21)22/h4-10,24H,1-3H3,(H,23,25). The minimum Gasteiger partial charge on any atom is -0.495 e. The van der Waals surface area contributed by atoms with Crippen molar-refractivity contribution in [1.82, 2.24) is 4.72 Å². The van der Waals surface area contributed by atoms with Gasteiger partial charge < -0.3 is 10.1 Å². The molecule has 1 amide bonds. The van der Waals surface area contributed by atoms with Crippen molar-refractivity contribution < 1.29 is 31.1 Å². The van der Waals surface area contributed by atoms with Gasteiger partial charge in [0.05, 0.1) is 17.7 Å². The van der Waals surface area contributed by atoms with Gasteiger partial charge in [0.2, 0.25) is 10.0 Å². The fourth-order valence-corrected chi connectivity index (χ4v) is 4.10. The second-order valence-electron chi connectivity index (χ2n) is 6.29. The zero-order valence-corrected chi connectivity index (χ0v) is 17.2. The molecule has 0 aliphatic heterocycles. The number of alkyl halides is 3. The van der Waals surface area contributed by atoms with Gasteiger partial charge in [-0.3, -0.25) is 4.79 Å². The maximum absolute atomic E-state index is 13.0. The molecule has 0 unspecified atom stereocenters. The molecule has 0 saturated carbocycles. The number of methoxy groups -OCH3 is 1. The molecule has 0 atom stereocenters. The fourth-order valence-electron chi connectivity index (χ4n) is 2.43. The lowest BCUT2D eigenvalue weighted by Gasteiger charge is -2.15. The lowest BCUT2D eigenvalue weighted by atomic mass is 10.1. The molecule has 2 aromatic carbocycles. The molecule has 158 valence electrons. The predicted octanol–water partition coefficient (Wildman–Crippen LogP) is 4.31. The summed E-state index contributed by atoms with van der Waals surface area (Å²) in [5.74, 6) is -0.787. The minimum absolute atomic E-state index is 0.0144. The Morgan fingerprint density at radius 1 is 1.14 bits per heavy atom. The van der Waals surface area contributed by atoms with Crippen LogP contribution < -0.4 is 14.8 Å². The molecule has 0 saturated heterocycles. The van der Waals surface area contributed by atoms with Crippen molar-refractivity contribution in [2.45, 2.75) is 31.0 Å². The maximum Gasteiger partial charge on any atom is 0.417 e. The van der Waals surface area contributed by atoms with Crippen LogP contribution >= 0.6 is 11.6 Å². The summed E-state index contributed by atoms with van der Waals surface area (Å²) in [5, 5.41) is 1.79. The second-order valence-corrected chi connectivity index (χ2v) is 8.38. The lowest BCUT2D eigenvalue weighted by molar-refractivity contribution is -0.137. The zero-order chi connectivity index (χ0) is 22.0. The third-order valence-electron chi connectivity index (χ3n) is 3.64. The van der Waals surface area contributed by atoms with E-state index in [0.29, 0.717) is 6.07 Å². The highest BCUT2D eigenvalue weighted by Crippen LogP contribution is 2.36. The third-order valence-corrected chi connectivity index (χ3v) is 5.65. The molecule has 29 heavy (non-hydrogen) atoms. The van der Waals surface area contributed by atoms with Crippen molar-refractivity contribution in [2.75, 3.05) is 12.4 Å². The summed E-state index contributed by atoms with van der Waals surface area (Å²) >= 11 is 5.56. The van der Waals surface area contributed by atoms with Crippen molar-refractivity contribution in [3.63, 3.8) is 0 Å². The maximum atomic E-state index is 13.0. The Morgan fingerprint density at radius 3 is 2.34 bits per heavy atom. The Bertz CT molecular complexity index is 1020. The molecular formula is C18H18ClF3N2O4S. The van der Waals surface area contributed by atoms with Gasteiger partial charge in [0.1, 0.15) is 10.6 Å². The average molecular weight is 451 g/mol. The van der Waals surface area contributed by atoms with Gasteiger partial charge in [-0.15, -0.1) is 0 Å². The number of rotatable bonds is 6. The largest absolute Gasteiger partial charge is 0.495 e. The first kappa shape index (κ1) is 23.0. The summed E-state index contributed by atoms with van der Waals surface area (Å²) in [6.45, 7) is 3.25. The van der Waals surface area contributed by atoms with Gasteiger partial charge >= 0.3 is 6.18 Å². The van der Waals surface area contributed by atoms with E-state index < -0.39 is 38.7 Å². The minimum atomic E-state index is -4.69. The average Bonchev–Trinajstić information content (AvgIpc) is 2.60. The number of ether oxygens (including phenoxy) is 1. The van der Waals surface area contributed by atoms with E-state index >= 15 is 0 Å². The number of carbonyl (C=O) groups excluding carboxylic acids is 1. The summed E-state index contributed by atoms with van der Waals surface area (Å²) in [6.07, 6.45) is -4.69. The smallest absolute Gasteiger partial charge is 0.417 e. The molecule has 6 nitrogen and oxygen atoms in total. The van der Waals surface area contributed by atoms with E-state index in [0.717, 1.165) is 12.1 Å². The Labute approximate surface area is 171 Å². The molecule has 0 bridgehead atoms. The number of amides is 1. The number of anilines is 1. The number of sulfonamides is 1. The van der Waals surface area contributed by atoms with Crippen LogP contribution in [-0.4, -0.2) is 27.5 Å². The highest BCUT2D eigenvalue weighted by atomic mass is 35.5. The normalized spacial score (nSPS) is 12.1. The van der Waals surface area contributed by atoms with Crippen molar-refractivity contribution in [1.29, 1.82) is 0 Å². The topological polar surface area (TPSA) is 84.5 Å². The van der Waals surface area contributed by atoms with Gasteiger partial charge in [-0.25, -0.2) is 13.1 Å². The first-order valence-corrected chi connectivity index (χ1v) is 10.1. The number of hydrogen-bond acceptors (Lipinski definition) is 4. The lowest BCUT2D eigenvalue weighted by Crippen LogP contribution is -2.30. The monoisotopic (exact) mass is 450 g/mol. The van der Waals surface area contributed by atoms with Crippen LogP contribution in [0.2, 0.25) is 5.02 Å². The van der Waals surface area contributed by atoms with E-state index in [2.05, 4.69) is 10.0 Å². The molecule has 2 rings (SSSR count). The number of carbonyl (C=O) groups is 1. The molecule has 0 spiro atoms. The Balaban J connectivity index is 2.39. The van der Waals surface area contributed by atoms with Crippen LogP contribution in [0.3, 0.4) is 0 Å². The van der Waals surface area contributed by atoms with Gasteiger partial charge in [-0.2, -0.15) is 13.2 Å². The van der Waals surface area contributed by atoms with Crippen molar-refractivity contribution >= 4 is 33.2 Å². The van der Waals surface area contributed by atoms with Gasteiger partial charge in [-0.05, 0) is 50.2 Å². The van der Waals surface area contributed by atoms with Crippen LogP contribution in [0.15, 0.2) is 41.3 Å². The Hall–Kier alpha value is -2.30. The van der Waals surface area contributed by atoms with E-state index in [1.54, 1.807) is 13.8 Å². The highest BCUT2D eigenvalue weighted by molar-refractivity contribution is 7.89. The van der Waals surface area contributed by atoms with E-state index in [1.165, 1.54) is 25.3 Å². The quantitative estimate of drug-likeness (QED) is 0.687. The zero-order valence-electron chi connectivity index (χ0n) is 15.6. The van der Waals surface area contributed by atoms with E-state index in [1.807, 2.05) is 0 Å². The van der Waals surface area contributed by atoms with E-state index in [-0.39, 0.29) is 21.9 Å². The van der Waals surface area contributed by atoms with Crippen LogP contribution in [0.25, 0.3) is 0 Å². The van der Waals surface area contributed by atoms with Crippen LogP contribution in [-0.2, 0) is 16.2 Å². The molecular weight excluding hydrogens is 433 g/mol. The number of halogens is 4. The Kier molecular flexibility index (Phi) is 6.82. The number of benzene rings is 2. The highest BCUT2D eigenvalue weighted by Gasteiger charge is 2.33. The van der Waals surface area contributed by atoms with Crippen molar-refractivity contribution in [3.8, 4) is 5.75 Å². The summed E-state index contributed by atoms with van der Waals surface area (Å²) in [4.78, 5) is 12.2. The van der Waals surface area contributed by atoms with Crippen LogP contribution in [0.4, 0.5) is 18.9 Å². The Morgan fingerprint density at radius 2 is 1.79 bits per heavy atom. The molecule has 2 aromatic rings. The summed E-state index contributed by atoms with van der Waals surface area (Å²) < 4.78 is 71.3. The molecule has 0 aromatic heterocycles. The van der Waals surface area contributed by atoms with Gasteiger partial charge in [0.15, 0.2) is 0 Å². The molecule has 0 aliphatic carbocycles. The predicted molar refractivity (Wildman–Crippen MR) is 103 cm³/mol. The molecule has 0 heterocycles. The second kappa shape index (κ2) is 8.60. The van der Waals surface area contributed by atoms with E-state index in [4.69, 9.17) is 16.3 Å². The molecule has 2 N–H and O–H groups in total. The SMILES string of the molecule is COc1ccc(C(=O)Nc2ccc(Cl)c(C(F)(F)F)c2)cc1S(=O)(=O)NC(C)C. The number of hydrogen-bond donors (Lipinski definition) is 2. The van der Waals surface area contributed by atoms with E-state index in [9.17, 15) is 26.4 Å². The molecule has 0 fully saturated rings. The summed E-state index contributed by atoms with van der Waals surface area (Å²) in [6, 6.07) is 6.17. The van der Waals surface area contributed by atoms with Crippen molar-refractivity contribution in [2.24, 2.45) is 0 Å². The molecule has 0 radical (unpaired) electrons. The van der Waals surface area contributed by atoms with Crippen LogP contribution in [0.1, 0.15) is 29.8 Å². The first-order valence-electron chi connectivity index (χ1n) is 8.23. The third kappa shape index (κ3) is 5.62. The summed E-state index contributed by atoms with van der Waals surface area (Å²) in [5.41, 5.74) is -1.33. The number of nitrogens with one attached hydrogen (secondary N) is 2. The molecule has 0 aliphatic rings. The van der Waals surface area contributed by atoms with Crippen LogP contribution in [0, 0.1) is 0 Å². The van der Waals surface area contributed by atoms with Gasteiger partial charge in [0.25, 0.3) is 5.91 Å². The summed E-state index contributed by atoms with van der Waals surface area (Å²) in [7, 11) is -2.71. The fraction of sp³-hybridized carbons (Fsp3) is 0.278. The van der Waals surface area contributed by atoms with Crippen LogP contribution in [0.5, 0.6) is 5.75 Å². The molecule has 11 heteroatoms.